The third-order valence-electron chi connectivity index (χ3n) is 6.23. The summed E-state index contributed by atoms with van der Waals surface area (Å²) in [6.07, 6.45) is 1.73. The number of benzene rings is 1. The molecule has 7 heteroatoms. The van der Waals surface area contributed by atoms with Crippen LogP contribution in [-0.4, -0.2) is 18.8 Å². The number of nitrogens with one attached hydrogen (secondary N) is 1. The molecule has 2 bridgehead atoms. The van der Waals surface area contributed by atoms with Crippen molar-refractivity contribution in [3.05, 3.63) is 29.8 Å². The summed E-state index contributed by atoms with van der Waals surface area (Å²) >= 11 is 0. The zero-order valence-corrected chi connectivity index (χ0v) is 14.9. The first-order valence-corrected chi connectivity index (χ1v) is 8.87. The number of nitriles is 3. The molecule has 4 atom stereocenters. The number of hydrogen-bond acceptors (Lipinski definition) is 7. The molecule has 1 saturated carbocycles. The number of nitrogens with zero attached hydrogens (tertiary/aromatic N) is 3. The number of hydrogen-bond donors (Lipinski definition) is 1. The van der Waals surface area contributed by atoms with E-state index in [0.29, 0.717) is 24.2 Å². The van der Waals surface area contributed by atoms with Gasteiger partial charge in [-0.2, -0.15) is 15.8 Å². The summed E-state index contributed by atoms with van der Waals surface area (Å²) in [5.41, 5.74) is -2.92. The molecule has 0 amide bonds. The lowest BCUT2D eigenvalue weighted by Crippen LogP contribution is -2.73. The minimum atomic E-state index is -1.82. The summed E-state index contributed by atoms with van der Waals surface area (Å²) in [7, 11) is 1.55. The summed E-state index contributed by atoms with van der Waals surface area (Å²) in [6.45, 7) is 0. The van der Waals surface area contributed by atoms with Crippen LogP contribution in [0.5, 0.6) is 5.75 Å². The molecule has 27 heavy (non-hydrogen) atoms. The molecule has 1 N–H and O–H groups in total. The first-order chi connectivity index (χ1) is 13.0. The number of methoxy groups -OCH3 is 1. The minimum absolute atomic E-state index is 0.349. The molecule has 0 aromatic heterocycles. The molecule has 3 saturated heterocycles. The van der Waals surface area contributed by atoms with Gasteiger partial charge in [-0.1, -0.05) is 18.6 Å². The van der Waals surface area contributed by atoms with Gasteiger partial charge in [0.15, 0.2) is 10.8 Å². The minimum Gasteiger partial charge on any atom is -0.497 e. The summed E-state index contributed by atoms with van der Waals surface area (Å²) < 4.78 is 17.4. The zero-order chi connectivity index (χ0) is 19.3. The first-order valence-electron chi connectivity index (χ1n) is 8.87. The quantitative estimate of drug-likeness (QED) is 0.861. The molecule has 7 nitrogen and oxygen atoms in total. The van der Waals surface area contributed by atoms with Crippen molar-refractivity contribution < 1.29 is 14.2 Å². The Kier molecular flexibility index (Phi) is 3.67. The van der Waals surface area contributed by atoms with Crippen molar-refractivity contribution in [2.45, 2.75) is 37.6 Å². The first kappa shape index (κ1) is 17.3. The summed E-state index contributed by atoms with van der Waals surface area (Å²) in [5, 5.41) is 38.9. The second kappa shape index (κ2) is 5.71. The maximum atomic E-state index is 10.2. The van der Waals surface area contributed by atoms with Gasteiger partial charge >= 0.3 is 0 Å². The smallest absolute Gasteiger partial charge is 0.218 e. The molecule has 0 radical (unpaired) electrons. The average Bonchev–Trinajstić information content (AvgIpc) is 2.72. The van der Waals surface area contributed by atoms with Crippen LogP contribution in [0.15, 0.2) is 24.3 Å². The van der Waals surface area contributed by atoms with E-state index in [-0.39, 0.29) is 5.90 Å². The van der Waals surface area contributed by atoms with Gasteiger partial charge in [-0.25, -0.2) is 0 Å². The monoisotopic (exact) mass is 362 g/mol. The second-order valence-corrected chi connectivity index (χ2v) is 7.26. The largest absolute Gasteiger partial charge is 0.497 e. The highest BCUT2D eigenvalue weighted by atomic mass is 16.7. The Labute approximate surface area is 157 Å². The van der Waals surface area contributed by atoms with Crippen LogP contribution in [-0.2, 0) is 9.47 Å². The lowest BCUT2D eigenvalue weighted by Gasteiger charge is -2.63. The molecule has 1 aromatic rings. The highest BCUT2D eigenvalue weighted by molar-refractivity contribution is 5.89. The number of rotatable bonds is 2. The van der Waals surface area contributed by atoms with E-state index in [9.17, 15) is 15.8 Å². The molecule has 136 valence electrons. The molecule has 3 heterocycles. The van der Waals surface area contributed by atoms with Gasteiger partial charge in [0.05, 0.1) is 31.2 Å². The predicted molar refractivity (Wildman–Crippen MR) is 92.0 cm³/mol. The van der Waals surface area contributed by atoms with Crippen molar-refractivity contribution in [3.63, 3.8) is 0 Å². The van der Waals surface area contributed by atoms with Gasteiger partial charge in [0.1, 0.15) is 11.9 Å². The van der Waals surface area contributed by atoms with Gasteiger partial charge in [0.25, 0.3) is 0 Å². The Morgan fingerprint density at radius 2 is 1.81 bits per heavy atom. The average molecular weight is 362 g/mol. The van der Waals surface area contributed by atoms with Crippen LogP contribution < -0.4 is 4.74 Å². The highest BCUT2D eigenvalue weighted by Crippen LogP contribution is 2.69. The van der Waals surface area contributed by atoms with Gasteiger partial charge in [-0.3, -0.25) is 5.41 Å². The van der Waals surface area contributed by atoms with Crippen LogP contribution in [0.4, 0.5) is 0 Å². The van der Waals surface area contributed by atoms with E-state index < -0.39 is 28.6 Å². The molecule has 4 aliphatic rings. The van der Waals surface area contributed by atoms with Gasteiger partial charge in [-0.15, -0.1) is 0 Å². The van der Waals surface area contributed by atoms with Crippen molar-refractivity contribution in [1.82, 2.24) is 0 Å². The fourth-order valence-electron chi connectivity index (χ4n) is 4.92. The molecule has 1 aromatic carbocycles. The van der Waals surface area contributed by atoms with E-state index >= 15 is 0 Å². The zero-order valence-electron chi connectivity index (χ0n) is 14.9. The molecular weight excluding hydrogens is 344 g/mol. The molecule has 4 fully saturated rings. The Balaban J connectivity index is 1.96. The lowest BCUT2D eigenvalue weighted by atomic mass is 9.48. The Bertz CT molecular complexity index is 909. The summed E-state index contributed by atoms with van der Waals surface area (Å²) in [5.74, 6) is -1.50. The Hall–Kier alpha value is -3.08. The van der Waals surface area contributed by atoms with Gasteiger partial charge in [-0.05, 0) is 30.5 Å². The fourth-order valence-corrected chi connectivity index (χ4v) is 4.92. The van der Waals surface area contributed by atoms with E-state index in [4.69, 9.17) is 19.6 Å². The molecular formula is C20H18N4O3. The van der Waals surface area contributed by atoms with Crippen LogP contribution in [0.2, 0.25) is 0 Å². The maximum absolute atomic E-state index is 10.2. The molecule has 5 rings (SSSR count). The topological polar surface area (TPSA) is 123 Å². The maximum Gasteiger partial charge on any atom is 0.218 e. The molecule has 0 unspecified atom stereocenters. The number of ether oxygens (including phenoxy) is 3. The van der Waals surface area contributed by atoms with Crippen molar-refractivity contribution >= 4 is 5.90 Å². The van der Waals surface area contributed by atoms with Crippen LogP contribution >= 0.6 is 0 Å². The van der Waals surface area contributed by atoms with Crippen molar-refractivity contribution in [2.75, 3.05) is 7.11 Å². The molecule has 1 aliphatic carbocycles. The fraction of sp³-hybridized carbons (Fsp3) is 0.500. The summed E-state index contributed by atoms with van der Waals surface area (Å²) in [4.78, 5) is 0. The van der Waals surface area contributed by atoms with Crippen molar-refractivity contribution in [1.29, 1.82) is 21.2 Å². The standard InChI is InChI=1S/C20H18N4O3/c1-25-14-7-5-13(6-8-14)16-19(12-23)17(24)27-20(26-16)9-3-2-4-15(20)18(19,10-21)11-22/h5-8,15-16,24H,2-4,9H2,1H3/t15-,16-,19+,20-/m1/s1. The number of fused-ring (bicyclic) bond motifs is 2. The van der Waals surface area contributed by atoms with Crippen molar-refractivity contribution in [2.24, 2.45) is 16.7 Å². The van der Waals surface area contributed by atoms with Crippen molar-refractivity contribution in [3.8, 4) is 24.0 Å². The van der Waals surface area contributed by atoms with Crippen LogP contribution in [0.25, 0.3) is 0 Å². The Morgan fingerprint density at radius 1 is 1.11 bits per heavy atom. The van der Waals surface area contributed by atoms with E-state index in [0.717, 1.165) is 12.8 Å². The van der Waals surface area contributed by atoms with Gasteiger partial charge in [0.2, 0.25) is 11.7 Å². The van der Waals surface area contributed by atoms with E-state index in [2.05, 4.69) is 18.2 Å². The normalized spacial score (nSPS) is 35.7. The second-order valence-electron chi connectivity index (χ2n) is 7.26. The van der Waals surface area contributed by atoms with Crippen LogP contribution in [0, 0.1) is 56.2 Å². The van der Waals surface area contributed by atoms with Crippen LogP contribution in [0.1, 0.15) is 37.4 Å². The SMILES string of the molecule is COc1ccc([C@H]2O[C@@]34CCCC[C@@H]3C(C#N)(C#N)[C@]2(C#N)C(=N)O4)cc1. The predicted octanol–water partition coefficient (Wildman–Crippen LogP) is 3.20. The lowest BCUT2D eigenvalue weighted by molar-refractivity contribution is -0.360. The van der Waals surface area contributed by atoms with Gasteiger partial charge < -0.3 is 14.2 Å². The van der Waals surface area contributed by atoms with Gasteiger partial charge in [0, 0.05) is 6.42 Å². The Morgan fingerprint density at radius 3 is 2.41 bits per heavy atom. The molecule has 3 aliphatic heterocycles. The highest BCUT2D eigenvalue weighted by Gasteiger charge is 2.80. The van der Waals surface area contributed by atoms with Crippen LogP contribution in [0.3, 0.4) is 0 Å². The third kappa shape index (κ3) is 1.89. The van der Waals surface area contributed by atoms with E-state index in [1.165, 1.54) is 0 Å². The van der Waals surface area contributed by atoms with E-state index in [1.54, 1.807) is 31.4 Å². The third-order valence-corrected chi connectivity index (χ3v) is 6.23. The molecule has 1 spiro atoms. The summed E-state index contributed by atoms with van der Waals surface area (Å²) in [6, 6.07) is 13.3. The van der Waals surface area contributed by atoms with E-state index in [1.807, 2.05) is 0 Å².